The molecule has 2 heterocycles. The summed E-state index contributed by atoms with van der Waals surface area (Å²) < 4.78 is 1.29. The maximum Gasteiger partial charge on any atom is 0.0456 e. The molecule has 2 nitrogen and oxygen atoms in total. The van der Waals surface area contributed by atoms with E-state index in [4.69, 9.17) is 0 Å². The normalized spacial score (nSPS) is 19.9. The van der Waals surface area contributed by atoms with E-state index in [1.165, 1.54) is 47.1 Å². The zero-order valence-electron chi connectivity index (χ0n) is 9.43. The highest BCUT2D eigenvalue weighted by Gasteiger charge is 2.22. The van der Waals surface area contributed by atoms with Crippen LogP contribution in [0.25, 0.3) is 0 Å². The van der Waals surface area contributed by atoms with Gasteiger partial charge >= 0.3 is 0 Å². The van der Waals surface area contributed by atoms with Crippen molar-refractivity contribution in [2.75, 3.05) is 24.5 Å². The Morgan fingerprint density at radius 2 is 2.12 bits per heavy atom. The first-order valence-electron chi connectivity index (χ1n) is 6.12. The first-order chi connectivity index (χ1) is 7.86. The number of nitrogens with zero attached hydrogens (tertiary/aromatic N) is 1. The van der Waals surface area contributed by atoms with Crippen LogP contribution in [0.2, 0.25) is 0 Å². The summed E-state index contributed by atoms with van der Waals surface area (Å²) in [5.41, 5.74) is 4.51. The van der Waals surface area contributed by atoms with Crippen molar-refractivity contribution in [3.05, 3.63) is 27.7 Å². The van der Waals surface area contributed by atoms with Crippen LogP contribution < -0.4 is 10.2 Å². The predicted octanol–water partition coefficient (Wildman–Crippen LogP) is 2.70. The van der Waals surface area contributed by atoms with Crippen LogP contribution >= 0.6 is 15.9 Å². The van der Waals surface area contributed by atoms with Gasteiger partial charge in [0.2, 0.25) is 0 Å². The lowest BCUT2D eigenvalue weighted by Crippen LogP contribution is -2.29. The van der Waals surface area contributed by atoms with Crippen molar-refractivity contribution < 1.29 is 0 Å². The van der Waals surface area contributed by atoms with Crippen molar-refractivity contribution >= 4 is 21.6 Å². The third kappa shape index (κ3) is 1.76. The van der Waals surface area contributed by atoms with Gasteiger partial charge < -0.3 is 10.2 Å². The van der Waals surface area contributed by atoms with E-state index in [2.05, 4.69) is 38.3 Å². The monoisotopic (exact) mass is 280 g/mol. The van der Waals surface area contributed by atoms with Gasteiger partial charge in [-0.25, -0.2) is 0 Å². The minimum atomic E-state index is 1.02. The largest absolute Gasteiger partial charge is 0.370 e. The summed E-state index contributed by atoms with van der Waals surface area (Å²) in [6.07, 6.45) is 3.86. The molecule has 0 atom stereocenters. The first-order valence-corrected chi connectivity index (χ1v) is 6.91. The Morgan fingerprint density at radius 1 is 1.19 bits per heavy atom. The van der Waals surface area contributed by atoms with Crippen molar-refractivity contribution in [2.45, 2.75) is 25.8 Å². The molecule has 0 fully saturated rings. The van der Waals surface area contributed by atoms with Crippen LogP contribution in [0.3, 0.4) is 0 Å². The van der Waals surface area contributed by atoms with Crippen LogP contribution in [-0.2, 0) is 13.0 Å². The molecule has 3 rings (SSSR count). The molecule has 3 heteroatoms. The van der Waals surface area contributed by atoms with Crippen molar-refractivity contribution in [3.63, 3.8) is 0 Å². The maximum absolute atomic E-state index is 3.71. The lowest BCUT2D eigenvalue weighted by molar-refractivity contribution is 0.668. The molecule has 0 spiro atoms. The fourth-order valence-corrected chi connectivity index (χ4v) is 3.33. The fourth-order valence-electron chi connectivity index (χ4n) is 2.81. The number of rotatable bonds is 0. The third-order valence-corrected chi connectivity index (χ3v) is 4.35. The van der Waals surface area contributed by atoms with Gasteiger partial charge in [-0.1, -0.05) is 22.0 Å². The molecule has 0 unspecified atom stereocenters. The molecule has 0 saturated carbocycles. The Hall–Kier alpha value is -0.540. The average molecular weight is 281 g/mol. The molecule has 0 aliphatic carbocycles. The van der Waals surface area contributed by atoms with Gasteiger partial charge in [0.25, 0.3) is 0 Å². The van der Waals surface area contributed by atoms with E-state index in [0.717, 1.165) is 19.6 Å². The minimum Gasteiger partial charge on any atom is -0.370 e. The van der Waals surface area contributed by atoms with Gasteiger partial charge in [-0.15, -0.1) is 0 Å². The average Bonchev–Trinajstić information content (AvgIpc) is 2.61. The predicted molar refractivity (Wildman–Crippen MR) is 71.0 cm³/mol. The molecule has 86 valence electrons. The number of nitrogens with one attached hydrogen (secondary N) is 1. The highest BCUT2D eigenvalue weighted by Crippen LogP contribution is 2.35. The van der Waals surface area contributed by atoms with E-state index in [-0.39, 0.29) is 0 Å². The molecular weight excluding hydrogens is 264 g/mol. The zero-order chi connectivity index (χ0) is 11.0. The number of hydrogen-bond acceptors (Lipinski definition) is 2. The lowest BCUT2D eigenvalue weighted by Gasteiger charge is -2.25. The van der Waals surface area contributed by atoms with Gasteiger partial charge in [0.1, 0.15) is 0 Å². The van der Waals surface area contributed by atoms with Crippen LogP contribution in [0.15, 0.2) is 16.6 Å². The molecule has 0 radical (unpaired) electrons. The summed E-state index contributed by atoms with van der Waals surface area (Å²) in [4.78, 5) is 2.57. The Labute approximate surface area is 105 Å². The third-order valence-electron chi connectivity index (χ3n) is 3.60. The number of hydrogen-bond donors (Lipinski definition) is 1. The standard InChI is InChI=1S/C13H17BrN2/c14-12-5-4-10-9-15-6-8-16-7-2-1-3-11(12)13(10)16/h4-5,15H,1-3,6-9H2. The Kier molecular flexibility index (Phi) is 2.90. The first kappa shape index (κ1) is 10.6. The van der Waals surface area contributed by atoms with E-state index in [0.29, 0.717) is 0 Å². The van der Waals surface area contributed by atoms with Crippen molar-refractivity contribution in [1.29, 1.82) is 0 Å². The quantitative estimate of drug-likeness (QED) is 0.786. The molecule has 0 amide bonds. The highest BCUT2D eigenvalue weighted by molar-refractivity contribution is 9.10. The summed E-state index contributed by atoms with van der Waals surface area (Å²) >= 11 is 3.71. The lowest BCUT2D eigenvalue weighted by atomic mass is 10.0. The van der Waals surface area contributed by atoms with E-state index in [1.54, 1.807) is 0 Å². The van der Waals surface area contributed by atoms with E-state index >= 15 is 0 Å². The second kappa shape index (κ2) is 4.38. The molecule has 0 aromatic heterocycles. The molecule has 2 aliphatic heterocycles. The van der Waals surface area contributed by atoms with Gasteiger partial charge in [0.05, 0.1) is 0 Å². The maximum atomic E-state index is 3.71. The van der Waals surface area contributed by atoms with Gasteiger partial charge in [-0.2, -0.15) is 0 Å². The van der Waals surface area contributed by atoms with E-state index < -0.39 is 0 Å². The Balaban J connectivity index is 2.16. The minimum absolute atomic E-state index is 1.02. The Bertz CT molecular complexity index is 401. The number of benzene rings is 1. The molecule has 1 aromatic carbocycles. The molecule has 1 N–H and O–H groups in total. The van der Waals surface area contributed by atoms with Gasteiger partial charge in [-0.05, 0) is 36.5 Å². The summed E-state index contributed by atoms with van der Waals surface area (Å²) in [5, 5.41) is 3.51. The summed E-state index contributed by atoms with van der Waals surface area (Å²) in [5.74, 6) is 0. The molecule has 1 aromatic rings. The van der Waals surface area contributed by atoms with Crippen LogP contribution in [0, 0.1) is 0 Å². The van der Waals surface area contributed by atoms with Crippen LogP contribution in [-0.4, -0.2) is 19.6 Å². The topological polar surface area (TPSA) is 15.3 Å². The van der Waals surface area contributed by atoms with Crippen LogP contribution in [0.1, 0.15) is 24.0 Å². The molecule has 2 aliphatic rings. The van der Waals surface area contributed by atoms with Crippen LogP contribution in [0.5, 0.6) is 0 Å². The Morgan fingerprint density at radius 3 is 3.06 bits per heavy atom. The van der Waals surface area contributed by atoms with Gasteiger partial charge in [-0.3, -0.25) is 0 Å². The van der Waals surface area contributed by atoms with E-state index in [1.807, 2.05) is 0 Å². The number of halogens is 1. The van der Waals surface area contributed by atoms with Gasteiger partial charge in [0.15, 0.2) is 0 Å². The summed E-state index contributed by atoms with van der Waals surface area (Å²) in [7, 11) is 0. The van der Waals surface area contributed by atoms with Crippen molar-refractivity contribution in [2.24, 2.45) is 0 Å². The second-order valence-corrected chi connectivity index (χ2v) is 5.51. The smallest absolute Gasteiger partial charge is 0.0456 e. The molecule has 0 bridgehead atoms. The molecule has 0 saturated heterocycles. The fraction of sp³-hybridized carbons (Fsp3) is 0.538. The van der Waals surface area contributed by atoms with E-state index in [9.17, 15) is 0 Å². The van der Waals surface area contributed by atoms with Crippen molar-refractivity contribution in [1.82, 2.24) is 5.32 Å². The zero-order valence-corrected chi connectivity index (χ0v) is 11.0. The van der Waals surface area contributed by atoms with Gasteiger partial charge in [0, 0.05) is 36.3 Å². The SMILES string of the molecule is Brc1ccc2c3c1CCCCN3CCNC2. The van der Waals surface area contributed by atoms with Crippen LogP contribution in [0.4, 0.5) is 5.69 Å². The highest BCUT2D eigenvalue weighted by atomic mass is 79.9. The van der Waals surface area contributed by atoms with Crippen molar-refractivity contribution in [3.8, 4) is 0 Å². The molecule has 16 heavy (non-hydrogen) atoms. The molecular formula is C13H17BrN2. The summed E-state index contributed by atoms with van der Waals surface area (Å²) in [6, 6.07) is 4.48. The summed E-state index contributed by atoms with van der Waals surface area (Å²) in [6.45, 7) is 4.49. The number of anilines is 1. The second-order valence-electron chi connectivity index (χ2n) is 4.65.